The van der Waals surface area contributed by atoms with E-state index in [1.165, 1.54) is 29.9 Å². The number of hydrogen-bond acceptors (Lipinski definition) is 7. The van der Waals surface area contributed by atoms with Crippen molar-refractivity contribution in [2.45, 2.75) is 84.0 Å². The maximum atomic E-state index is 6.02. The van der Waals surface area contributed by atoms with Crippen LogP contribution in [-0.4, -0.2) is 106 Å². The summed E-state index contributed by atoms with van der Waals surface area (Å²) >= 11 is 0. The lowest BCUT2D eigenvalue weighted by Crippen LogP contribution is -2.51. The zero-order chi connectivity index (χ0) is 30.5. The van der Waals surface area contributed by atoms with E-state index in [1.54, 1.807) is 51.5 Å². The number of hydrogen-bond donors (Lipinski definition) is 1. The van der Waals surface area contributed by atoms with E-state index in [2.05, 4.69) is 69.8 Å². The van der Waals surface area contributed by atoms with Crippen LogP contribution in [0.2, 0.25) is 44.8 Å². The first-order valence-corrected chi connectivity index (χ1v) is 27.5. The molecule has 0 aliphatic rings. The van der Waals surface area contributed by atoms with Crippen LogP contribution < -0.4 is 20.6 Å². The van der Waals surface area contributed by atoms with Crippen molar-refractivity contribution in [3.05, 3.63) is 17.2 Å². The fraction of sp³-hybridized carbons (Fsp3) is 0.786. The molecule has 0 radical (unpaired) electrons. The van der Waals surface area contributed by atoms with E-state index in [-0.39, 0.29) is 15.1 Å². The summed E-state index contributed by atoms with van der Waals surface area (Å²) in [4.78, 5) is 2.58. The Morgan fingerprint density at radius 3 is 1.95 bits per heavy atom. The van der Waals surface area contributed by atoms with Gasteiger partial charge < -0.3 is 32.3 Å². The molecule has 1 unspecified atom stereocenters. The maximum Gasteiger partial charge on any atom is 0.507 e. The lowest BCUT2D eigenvalue weighted by Gasteiger charge is -2.37. The molecule has 1 atom stereocenters. The Bertz CT molecular complexity index is 858. The van der Waals surface area contributed by atoms with Crippen LogP contribution in [0.1, 0.15) is 43.9 Å². The van der Waals surface area contributed by atoms with E-state index < -0.39 is 35.0 Å². The quantitative estimate of drug-likeness (QED) is 0.163. The van der Waals surface area contributed by atoms with Crippen LogP contribution >= 0.6 is 0 Å². The highest BCUT2D eigenvalue weighted by atomic mass is 28.4. The summed E-state index contributed by atoms with van der Waals surface area (Å²) in [5.74, 6) is 0. The van der Waals surface area contributed by atoms with E-state index >= 15 is 0 Å². The van der Waals surface area contributed by atoms with Crippen molar-refractivity contribution in [2.24, 2.45) is 0 Å². The van der Waals surface area contributed by atoms with Gasteiger partial charge in [-0.15, -0.1) is 0 Å². The molecule has 0 aromatic heterocycles. The summed E-state index contributed by atoms with van der Waals surface area (Å²) in [7, 11) is 1.55. The Hall–Kier alpha value is -0.136. The van der Waals surface area contributed by atoms with E-state index in [4.69, 9.17) is 22.1 Å². The molecule has 0 saturated carbocycles. The van der Waals surface area contributed by atoms with E-state index in [0.717, 1.165) is 32.1 Å². The van der Waals surface area contributed by atoms with Crippen LogP contribution in [0.5, 0.6) is 0 Å². The number of nitrogens with one attached hydrogen (secondary N) is 1. The predicted octanol–water partition coefficient (Wildman–Crippen LogP) is 2.87. The molecule has 234 valence electrons. The second-order valence-corrected chi connectivity index (χ2v) is 26.2. The monoisotopic (exact) mass is 646 g/mol. The fourth-order valence-corrected chi connectivity index (χ4v) is 14.4. The summed E-state index contributed by atoms with van der Waals surface area (Å²) in [6.45, 7) is 22.0. The number of nitrogens with zero attached hydrogens (tertiary/aromatic N) is 1. The lowest BCUT2D eigenvalue weighted by molar-refractivity contribution is 0.114. The van der Waals surface area contributed by atoms with Crippen LogP contribution in [0.3, 0.4) is 0 Å². The molecular formula is C28H62N2O5Si5. The summed E-state index contributed by atoms with van der Waals surface area (Å²) in [5.41, 5.74) is 4.59. The molecule has 0 spiro atoms. The van der Waals surface area contributed by atoms with E-state index in [9.17, 15) is 0 Å². The SMILES string of the molecule is CCN(CC)c1c(C(C)[Si](OC)(OC)OC)cc([SiH](C)C)c(CC[SiH2]CNCCC[Si](C)(OC)OC)c1[SiH](C)C. The molecule has 1 rings (SSSR count). The summed E-state index contributed by atoms with van der Waals surface area (Å²) in [6.07, 6.45) is 3.54. The third-order valence-corrected chi connectivity index (χ3v) is 19.7. The Labute approximate surface area is 254 Å². The fourth-order valence-electron chi connectivity index (χ4n) is 5.89. The highest BCUT2D eigenvalue weighted by Crippen LogP contribution is 2.35. The van der Waals surface area contributed by atoms with Crippen LogP contribution in [0.15, 0.2) is 6.07 Å². The molecule has 12 heteroatoms. The molecule has 0 aliphatic carbocycles. The molecule has 7 nitrogen and oxygen atoms in total. The Morgan fingerprint density at radius 1 is 0.925 bits per heavy atom. The average molecular weight is 647 g/mol. The van der Waals surface area contributed by atoms with Gasteiger partial charge in [0.1, 0.15) is 0 Å². The second-order valence-electron chi connectivity index (χ2n) is 11.6. The Kier molecular flexibility index (Phi) is 17.5. The summed E-state index contributed by atoms with van der Waals surface area (Å²) in [5, 5.41) is 7.05. The topological polar surface area (TPSA) is 61.4 Å². The smallest absolute Gasteiger partial charge is 0.398 e. The van der Waals surface area contributed by atoms with Gasteiger partial charge in [-0.3, -0.25) is 0 Å². The van der Waals surface area contributed by atoms with Crippen molar-refractivity contribution in [1.82, 2.24) is 5.32 Å². The normalized spacial score (nSPS) is 13.8. The lowest BCUT2D eigenvalue weighted by atomic mass is 10.0. The minimum Gasteiger partial charge on any atom is -0.398 e. The number of anilines is 1. The van der Waals surface area contributed by atoms with Crippen LogP contribution in [0.25, 0.3) is 0 Å². The molecule has 0 bridgehead atoms. The van der Waals surface area contributed by atoms with Crippen molar-refractivity contribution in [3.63, 3.8) is 0 Å². The molecular weight excluding hydrogens is 585 g/mol. The van der Waals surface area contributed by atoms with Gasteiger partial charge in [-0.2, -0.15) is 0 Å². The van der Waals surface area contributed by atoms with Gasteiger partial charge in [-0.1, -0.05) is 50.4 Å². The standard InChI is InChI=1S/C28H62N2O5Si5/c1-14-30(15-2)27-25(23(3)40(33-6,34-7)35-8)21-26(37(9)10)24(28(27)38(11)12)17-19-36-22-29-18-16-20-39(13,31-4)32-5/h21,23,29,37-38H,14-20,22,36H2,1-13H3. The Morgan fingerprint density at radius 2 is 1.50 bits per heavy atom. The van der Waals surface area contributed by atoms with Gasteiger partial charge >= 0.3 is 17.4 Å². The second kappa shape index (κ2) is 18.5. The Balaban J connectivity index is 3.33. The number of rotatable bonds is 21. The first-order chi connectivity index (χ1) is 19.0. The molecule has 0 fully saturated rings. The van der Waals surface area contributed by atoms with Gasteiger partial charge in [0, 0.05) is 63.8 Å². The summed E-state index contributed by atoms with van der Waals surface area (Å²) < 4.78 is 29.3. The highest BCUT2D eigenvalue weighted by molar-refractivity contribution is 6.76. The largest absolute Gasteiger partial charge is 0.507 e. The molecule has 0 amide bonds. The minimum absolute atomic E-state index is 0.0647. The predicted molar refractivity (Wildman–Crippen MR) is 187 cm³/mol. The first-order valence-electron chi connectivity index (χ1n) is 15.4. The number of benzene rings is 1. The van der Waals surface area contributed by atoms with E-state index in [1.807, 2.05) is 0 Å². The van der Waals surface area contributed by atoms with Gasteiger partial charge in [0.2, 0.25) is 0 Å². The average Bonchev–Trinajstić information content (AvgIpc) is 2.95. The van der Waals surface area contributed by atoms with Crippen LogP contribution in [-0.2, 0) is 28.6 Å². The molecule has 1 aromatic carbocycles. The minimum atomic E-state index is -2.87. The van der Waals surface area contributed by atoms with Gasteiger partial charge in [0.05, 0.1) is 23.1 Å². The summed E-state index contributed by atoms with van der Waals surface area (Å²) in [6, 6.07) is 4.94. The van der Waals surface area contributed by atoms with Gasteiger partial charge in [-0.25, -0.2) is 0 Å². The molecule has 0 saturated heterocycles. The zero-order valence-electron chi connectivity index (χ0n) is 28.2. The third kappa shape index (κ3) is 9.69. The zero-order valence-corrected chi connectivity index (χ0v) is 33.9. The molecule has 1 aromatic rings. The highest BCUT2D eigenvalue weighted by Gasteiger charge is 2.47. The molecule has 0 heterocycles. The van der Waals surface area contributed by atoms with Crippen molar-refractivity contribution >= 4 is 60.5 Å². The molecule has 1 N–H and O–H groups in total. The maximum absolute atomic E-state index is 6.02. The van der Waals surface area contributed by atoms with Crippen molar-refractivity contribution < 1.29 is 22.1 Å². The van der Waals surface area contributed by atoms with Gasteiger partial charge in [-0.05, 0) is 68.3 Å². The third-order valence-electron chi connectivity index (χ3n) is 8.52. The first kappa shape index (κ1) is 37.9. The molecule has 40 heavy (non-hydrogen) atoms. The van der Waals surface area contributed by atoms with Crippen LogP contribution in [0.4, 0.5) is 5.69 Å². The van der Waals surface area contributed by atoms with Crippen molar-refractivity contribution in [1.29, 1.82) is 0 Å². The van der Waals surface area contributed by atoms with Crippen molar-refractivity contribution in [2.75, 3.05) is 66.3 Å². The van der Waals surface area contributed by atoms with Gasteiger partial charge in [0.15, 0.2) is 0 Å². The molecule has 0 aliphatic heterocycles. The van der Waals surface area contributed by atoms with Crippen LogP contribution in [0, 0.1) is 0 Å². The van der Waals surface area contributed by atoms with E-state index in [0.29, 0.717) is 0 Å². The van der Waals surface area contributed by atoms with Crippen molar-refractivity contribution in [3.8, 4) is 0 Å². The van der Waals surface area contributed by atoms with Gasteiger partial charge in [0.25, 0.3) is 0 Å².